The van der Waals surface area contributed by atoms with E-state index in [-0.39, 0.29) is 22.9 Å². The third kappa shape index (κ3) is 4.11. The van der Waals surface area contributed by atoms with E-state index in [1.165, 1.54) is 23.9 Å². The number of carbonyl (C=O) groups is 1. The lowest BCUT2D eigenvalue weighted by Crippen LogP contribution is -2.36. The number of carbonyl (C=O) groups excluding carboxylic acids is 1. The number of rotatable bonds is 5. The number of non-ortho nitro benzene ring substituents is 1. The zero-order valence-electron chi connectivity index (χ0n) is 13.7. The van der Waals surface area contributed by atoms with Gasteiger partial charge in [0, 0.05) is 29.0 Å². The first-order valence-corrected chi connectivity index (χ1v) is 8.86. The molecule has 1 aliphatic rings. The largest absolute Gasteiger partial charge is 0.493 e. The summed E-state index contributed by atoms with van der Waals surface area (Å²) in [6.07, 6.45) is 0.734. The first-order valence-electron chi connectivity index (χ1n) is 7.98. The highest BCUT2D eigenvalue weighted by Gasteiger charge is 2.25. The first kappa shape index (κ1) is 17.3. The lowest BCUT2D eigenvalue weighted by Gasteiger charge is -2.27. The minimum Gasteiger partial charge on any atom is -0.493 e. The van der Waals surface area contributed by atoms with Crippen molar-refractivity contribution < 1.29 is 14.5 Å². The summed E-state index contributed by atoms with van der Waals surface area (Å²) < 4.78 is 5.61. The van der Waals surface area contributed by atoms with Crippen LogP contribution in [0.5, 0.6) is 5.75 Å². The van der Waals surface area contributed by atoms with Crippen LogP contribution < -0.4 is 10.1 Å². The van der Waals surface area contributed by atoms with Gasteiger partial charge in [0.15, 0.2) is 0 Å². The van der Waals surface area contributed by atoms with E-state index >= 15 is 0 Å². The molecule has 1 amide bonds. The van der Waals surface area contributed by atoms with Crippen LogP contribution in [-0.4, -0.2) is 22.7 Å². The zero-order valence-corrected chi connectivity index (χ0v) is 14.5. The zero-order chi connectivity index (χ0) is 17.8. The van der Waals surface area contributed by atoms with Crippen LogP contribution in [0.4, 0.5) is 5.69 Å². The van der Waals surface area contributed by atoms with Crippen LogP contribution in [0, 0.1) is 10.1 Å². The highest BCUT2D eigenvalue weighted by atomic mass is 32.2. The normalized spacial score (nSPS) is 17.1. The fourth-order valence-electron chi connectivity index (χ4n) is 2.69. The maximum atomic E-state index is 12.5. The fourth-order valence-corrected chi connectivity index (χ4v) is 3.56. The molecular formula is C18H18N2O4S. The summed E-state index contributed by atoms with van der Waals surface area (Å²) in [6, 6.07) is 13.9. The third-order valence-electron chi connectivity index (χ3n) is 4.00. The Balaban J connectivity index is 1.62. The third-order valence-corrected chi connectivity index (χ3v) is 5.12. The Morgan fingerprint density at radius 2 is 2.00 bits per heavy atom. The molecule has 0 saturated heterocycles. The second-order valence-corrected chi connectivity index (χ2v) is 7.16. The fraction of sp³-hybridized carbons (Fsp3) is 0.278. The number of para-hydroxylation sites is 1. The standard InChI is InChI=1S/C18H18N2O4S/c1-12(25-14-8-6-13(7-9-14)20(22)23)18(21)19-16-10-11-24-17-5-3-2-4-15(16)17/h2-9,12,16H,10-11H2,1H3,(H,19,21)/t12-,16+/m0/s1. The number of ether oxygens (including phenoxy) is 1. The molecule has 3 rings (SSSR count). The molecule has 1 aliphatic heterocycles. The summed E-state index contributed by atoms with van der Waals surface area (Å²) in [4.78, 5) is 23.6. The smallest absolute Gasteiger partial charge is 0.269 e. The summed E-state index contributed by atoms with van der Waals surface area (Å²) in [5, 5.41) is 13.5. The monoisotopic (exact) mass is 358 g/mol. The molecule has 0 fully saturated rings. The second kappa shape index (κ2) is 7.57. The van der Waals surface area contributed by atoms with E-state index in [9.17, 15) is 14.9 Å². The van der Waals surface area contributed by atoms with Gasteiger partial charge in [-0.3, -0.25) is 14.9 Å². The van der Waals surface area contributed by atoms with Gasteiger partial charge in [0.1, 0.15) is 5.75 Å². The summed E-state index contributed by atoms with van der Waals surface area (Å²) in [6.45, 7) is 2.40. The lowest BCUT2D eigenvalue weighted by atomic mass is 10.0. The Hall–Kier alpha value is -2.54. The molecule has 0 radical (unpaired) electrons. The highest BCUT2D eigenvalue weighted by molar-refractivity contribution is 8.00. The van der Waals surface area contributed by atoms with Crippen molar-refractivity contribution in [2.24, 2.45) is 0 Å². The molecule has 2 atom stereocenters. The van der Waals surface area contributed by atoms with E-state index in [0.29, 0.717) is 6.61 Å². The molecule has 130 valence electrons. The van der Waals surface area contributed by atoms with Crippen LogP contribution in [0.3, 0.4) is 0 Å². The van der Waals surface area contributed by atoms with Crippen molar-refractivity contribution in [3.8, 4) is 5.75 Å². The van der Waals surface area contributed by atoms with Crippen LogP contribution >= 0.6 is 11.8 Å². The van der Waals surface area contributed by atoms with Crippen molar-refractivity contribution in [3.05, 3.63) is 64.2 Å². The van der Waals surface area contributed by atoms with Gasteiger partial charge in [-0.05, 0) is 25.1 Å². The van der Waals surface area contributed by atoms with Gasteiger partial charge in [0.2, 0.25) is 5.91 Å². The van der Waals surface area contributed by atoms with Gasteiger partial charge in [-0.2, -0.15) is 0 Å². The summed E-state index contributed by atoms with van der Waals surface area (Å²) in [5.74, 6) is 0.750. The molecule has 0 aromatic heterocycles. The van der Waals surface area contributed by atoms with Crippen molar-refractivity contribution in [1.29, 1.82) is 0 Å². The van der Waals surface area contributed by atoms with Crippen LogP contribution in [0.1, 0.15) is 24.9 Å². The van der Waals surface area contributed by atoms with Gasteiger partial charge in [0.25, 0.3) is 5.69 Å². The molecule has 0 saturated carbocycles. The Morgan fingerprint density at radius 3 is 2.72 bits per heavy atom. The Morgan fingerprint density at radius 1 is 1.28 bits per heavy atom. The lowest BCUT2D eigenvalue weighted by molar-refractivity contribution is -0.384. The summed E-state index contributed by atoms with van der Waals surface area (Å²) >= 11 is 1.38. The molecule has 7 heteroatoms. The summed E-state index contributed by atoms with van der Waals surface area (Å²) in [5.41, 5.74) is 1.04. The minimum atomic E-state index is -0.437. The van der Waals surface area contributed by atoms with Crippen molar-refractivity contribution in [3.63, 3.8) is 0 Å². The van der Waals surface area contributed by atoms with Crippen molar-refractivity contribution >= 4 is 23.4 Å². The number of fused-ring (bicyclic) bond motifs is 1. The first-order chi connectivity index (χ1) is 12.0. The van der Waals surface area contributed by atoms with Crippen LogP contribution in [0.2, 0.25) is 0 Å². The molecule has 0 aliphatic carbocycles. The van der Waals surface area contributed by atoms with Gasteiger partial charge < -0.3 is 10.1 Å². The van der Waals surface area contributed by atoms with E-state index < -0.39 is 4.92 Å². The molecule has 1 heterocycles. The van der Waals surface area contributed by atoms with E-state index in [1.807, 2.05) is 31.2 Å². The number of nitro benzene ring substituents is 1. The number of nitrogens with zero attached hydrogens (tertiary/aromatic N) is 1. The average molecular weight is 358 g/mol. The Kier molecular flexibility index (Phi) is 5.23. The highest BCUT2D eigenvalue weighted by Crippen LogP contribution is 2.32. The van der Waals surface area contributed by atoms with E-state index in [4.69, 9.17) is 4.74 Å². The molecule has 0 unspecified atom stereocenters. The maximum absolute atomic E-state index is 12.5. The molecular weight excluding hydrogens is 340 g/mol. The van der Waals surface area contributed by atoms with Gasteiger partial charge in [-0.1, -0.05) is 18.2 Å². The van der Waals surface area contributed by atoms with Gasteiger partial charge in [0.05, 0.1) is 22.8 Å². The van der Waals surface area contributed by atoms with E-state index in [0.717, 1.165) is 22.6 Å². The number of nitrogens with one attached hydrogen (secondary N) is 1. The van der Waals surface area contributed by atoms with Gasteiger partial charge in [-0.15, -0.1) is 11.8 Å². The SMILES string of the molecule is C[C@H](Sc1ccc([N+](=O)[O-])cc1)C(=O)N[C@@H]1CCOc2ccccc21. The topological polar surface area (TPSA) is 81.5 Å². The molecule has 25 heavy (non-hydrogen) atoms. The number of thioether (sulfide) groups is 1. The number of amides is 1. The predicted octanol–water partition coefficient (Wildman–Crippen LogP) is 3.72. The molecule has 0 bridgehead atoms. The van der Waals surface area contributed by atoms with Crippen LogP contribution in [0.15, 0.2) is 53.4 Å². The Bertz CT molecular complexity index is 779. The number of nitro groups is 1. The Labute approximate surface area is 149 Å². The average Bonchev–Trinajstić information content (AvgIpc) is 2.62. The van der Waals surface area contributed by atoms with Crippen LogP contribution in [-0.2, 0) is 4.79 Å². The minimum absolute atomic E-state index is 0.0419. The number of benzene rings is 2. The molecule has 0 spiro atoms. The van der Waals surface area contributed by atoms with Crippen molar-refractivity contribution in [2.45, 2.75) is 29.5 Å². The molecule has 2 aromatic carbocycles. The summed E-state index contributed by atoms with van der Waals surface area (Å²) in [7, 11) is 0. The van der Waals surface area contributed by atoms with Crippen LogP contribution in [0.25, 0.3) is 0 Å². The van der Waals surface area contributed by atoms with Gasteiger partial charge in [-0.25, -0.2) is 0 Å². The predicted molar refractivity (Wildman–Crippen MR) is 95.9 cm³/mol. The molecule has 6 nitrogen and oxygen atoms in total. The van der Waals surface area contributed by atoms with Crippen molar-refractivity contribution in [1.82, 2.24) is 5.32 Å². The maximum Gasteiger partial charge on any atom is 0.269 e. The molecule has 2 aromatic rings. The van der Waals surface area contributed by atoms with E-state index in [2.05, 4.69) is 5.32 Å². The number of hydrogen-bond acceptors (Lipinski definition) is 5. The second-order valence-electron chi connectivity index (χ2n) is 5.75. The quantitative estimate of drug-likeness (QED) is 0.500. The van der Waals surface area contributed by atoms with Gasteiger partial charge >= 0.3 is 0 Å². The van der Waals surface area contributed by atoms with E-state index in [1.54, 1.807) is 12.1 Å². The van der Waals surface area contributed by atoms with Crippen molar-refractivity contribution in [2.75, 3.05) is 6.61 Å². The number of hydrogen-bond donors (Lipinski definition) is 1. The molecule has 1 N–H and O–H groups in total.